The van der Waals surface area contributed by atoms with Gasteiger partial charge in [0.2, 0.25) is 0 Å². The SMILES string of the molecule is CCCCC(CC(Cl)Cl)C(=O)O.[Zr]. The summed E-state index contributed by atoms with van der Waals surface area (Å²) in [5.41, 5.74) is 0. The number of unbranched alkanes of at least 4 members (excludes halogenated alkanes) is 1. The number of carboxylic acids is 1. The van der Waals surface area contributed by atoms with Crippen molar-refractivity contribution in [3.8, 4) is 0 Å². The first-order valence-corrected chi connectivity index (χ1v) is 4.96. The van der Waals surface area contributed by atoms with E-state index >= 15 is 0 Å². The van der Waals surface area contributed by atoms with E-state index in [1.165, 1.54) is 0 Å². The summed E-state index contributed by atoms with van der Waals surface area (Å²) in [7, 11) is 0. The summed E-state index contributed by atoms with van der Waals surface area (Å²) in [6, 6.07) is 0. The molecule has 0 aromatic carbocycles. The fourth-order valence-corrected chi connectivity index (χ4v) is 1.44. The Morgan fingerprint density at radius 3 is 2.31 bits per heavy atom. The molecule has 0 radical (unpaired) electrons. The molecular formula is C8H14Cl2O2Zr. The molecule has 0 heterocycles. The first kappa shape index (κ1) is 16.4. The number of halogens is 2. The molecule has 13 heavy (non-hydrogen) atoms. The van der Waals surface area contributed by atoms with Gasteiger partial charge in [0.05, 0.1) is 5.92 Å². The van der Waals surface area contributed by atoms with E-state index in [0.29, 0.717) is 12.8 Å². The van der Waals surface area contributed by atoms with Gasteiger partial charge < -0.3 is 5.11 Å². The summed E-state index contributed by atoms with van der Waals surface area (Å²) in [5, 5.41) is 8.73. The Balaban J connectivity index is 0. The topological polar surface area (TPSA) is 37.3 Å². The number of alkyl halides is 2. The van der Waals surface area contributed by atoms with Crippen LogP contribution in [0.4, 0.5) is 0 Å². The molecule has 0 aromatic rings. The molecule has 0 bridgehead atoms. The van der Waals surface area contributed by atoms with E-state index < -0.39 is 10.8 Å². The van der Waals surface area contributed by atoms with Crippen molar-refractivity contribution in [2.75, 3.05) is 0 Å². The Kier molecular flexibility index (Phi) is 11.9. The molecule has 0 amide bonds. The van der Waals surface area contributed by atoms with Crippen LogP contribution in [-0.2, 0) is 31.0 Å². The van der Waals surface area contributed by atoms with Crippen LogP contribution in [0.3, 0.4) is 0 Å². The molecule has 0 aliphatic heterocycles. The van der Waals surface area contributed by atoms with Crippen LogP contribution in [0, 0.1) is 5.92 Å². The maximum absolute atomic E-state index is 10.6. The molecular weight excluding hydrogens is 290 g/mol. The van der Waals surface area contributed by atoms with E-state index in [2.05, 4.69) is 0 Å². The number of rotatable bonds is 6. The summed E-state index contributed by atoms with van der Waals surface area (Å²) in [6.07, 6.45) is 2.93. The van der Waals surface area contributed by atoms with Crippen LogP contribution in [0.15, 0.2) is 0 Å². The van der Waals surface area contributed by atoms with Crippen LogP contribution in [0.5, 0.6) is 0 Å². The van der Waals surface area contributed by atoms with Crippen LogP contribution >= 0.6 is 23.2 Å². The quantitative estimate of drug-likeness (QED) is 0.766. The third-order valence-electron chi connectivity index (χ3n) is 1.72. The Hall–Kier alpha value is 0.933. The fraction of sp³-hybridized carbons (Fsp3) is 0.875. The van der Waals surface area contributed by atoms with Crippen molar-refractivity contribution in [3.63, 3.8) is 0 Å². The summed E-state index contributed by atoms with van der Waals surface area (Å²) >= 11 is 11.0. The second kappa shape index (κ2) is 9.49. The molecule has 0 spiro atoms. The van der Waals surface area contributed by atoms with Crippen LogP contribution in [0.2, 0.25) is 0 Å². The van der Waals surface area contributed by atoms with Gasteiger partial charge in [-0.15, -0.1) is 23.2 Å². The minimum absolute atomic E-state index is 0. The maximum atomic E-state index is 10.6. The van der Waals surface area contributed by atoms with Crippen molar-refractivity contribution in [1.29, 1.82) is 0 Å². The van der Waals surface area contributed by atoms with Crippen molar-refractivity contribution in [2.24, 2.45) is 5.92 Å². The summed E-state index contributed by atoms with van der Waals surface area (Å²) in [5.74, 6) is -1.18. The van der Waals surface area contributed by atoms with Gasteiger partial charge in [0.1, 0.15) is 4.84 Å². The second-order valence-electron chi connectivity index (χ2n) is 2.80. The molecule has 0 saturated carbocycles. The minimum Gasteiger partial charge on any atom is -0.481 e. The molecule has 0 aliphatic rings. The zero-order valence-electron chi connectivity index (χ0n) is 7.59. The zero-order valence-corrected chi connectivity index (χ0v) is 11.6. The van der Waals surface area contributed by atoms with E-state index in [9.17, 15) is 4.79 Å². The molecule has 0 aliphatic carbocycles. The van der Waals surface area contributed by atoms with Gasteiger partial charge in [-0.2, -0.15) is 0 Å². The van der Waals surface area contributed by atoms with Gasteiger partial charge in [0.15, 0.2) is 0 Å². The summed E-state index contributed by atoms with van der Waals surface area (Å²) < 4.78 is 0. The molecule has 2 nitrogen and oxygen atoms in total. The van der Waals surface area contributed by atoms with Crippen molar-refractivity contribution >= 4 is 29.2 Å². The molecule has 76 valence electrons. The number of aliphatic carboxylic acids is 1. The van der Waals surface area contributed by atoms with Crippen LogP contribution in [-0.4, -0.2) is 15.9 Å². The molecule has 1 N–H and O–H groups in total. The van der Waals surface area contributed by atoms with Gasteiger partial charge in [-0.3, -0.25) is 4.79 Å². The average Bonchev–Trinajstić information content (AvgIpc) is 1.96. The molecule has 0 fully saturated rings. The molecule has 1 atom stereocenters. The Morgan fingerprint density at radius 2 is 2.00 bits per heavy atom. The Labute approximate surface area is 108 Å². The molecule has 0 saturated heterocycles. The number of hydrogen-bond donors (Lipinski definition) is 1. The minimum atomic E-state index is -0.797. The third-order valence-corrected chi connectivity index (χ3v) is 2.07. The van der Waals surface area contributed by atoms with E-state index in [-0.39, 0.29) is 32.1 Å². The number of carbonyl (C=O) groups is 1. The van der Waals surface area contributed by atoms with Gasteiger partial charge in [-0.05, 0) is 12.8 Å². The molecule has 0 aromatic heterocycles. The summed E-state index contributed by atoms with van der Waals surface area (Å²) in [4.78, 5) is 10.1. The third kappa shape index (κ3) is 9.24. The van der Waals surface area contributed by atoms with Crippen LogP contribution in [0.1, 0.15) is 32.6 Å². The Morgan fingerprint density at radius 1 is 1.46 bits per heavy atom. The smallest absolute Gasteiger partial charge is 0.306 e. The van der Waals surface area contributed by atoms with Crippen LogP contribution in [0.25, 0.3) is 0 Å². The van der Waals surface area contributed by atoms with Crippen molar-refractivity contribution in [2.45, 2.75) is 37.4 Å². The van der Waals surface area contributed by atoms with E-state index in [1.807, 2.05) is 6.92 Å². The van der Waals surface area contributed by atoms with Gasteiger partial charge in [0.25, 0.3) is 0 Å². The number of carboxylic acid groups (broad SMARTS) is 1. The molecule has 0 rings (SSSR count). The van der Waals surface area contributed by atoms with Gasteiger partial charge >= 0.3 is 5.97 Å². The maximum Gasteiger partial charge on any atom is 0.306 e. The van der Waals surface area contributed by atoms with Crippen molar-refractivity contribution in [1.82, 2.24) is 0 Å². The van der Waals surface area contributed by atoms with E-state index in [1.54, 1.807) is 0 Å². The van der Waals surface area contributed by atoms with E-state index in [0.717, 1.165) is 12.8 Å². The van der Waals surface area contributed by atoms with Gasteiger partial charge in [-0.25, -0.2) is 0 Å². The van der Waals surface area contributed by atoms with E-state index in [4.69, 9.17) is 28.3 Å². The Bertz CT molecular complexity index is 142. The first-order valence-electron chi connectivity index (χ1n) is 4.08. The van der Waals surface area contributed by atoms with Gasteiger partial charge in [0, 0.05) is 26.2 Å². The normalized spacial score (nSPS) is 12.3. The second-order valence-corrected chi connectivity index (χ2v) is 4.08. The predicted molar refractivity (Wildman–Crippen MR) is 50.8 cm³/mol. The monoisotopic (exact) mass is 302 g/mol. The first-order chi connectivity index (χ1) is 5.57. The van der Waals surface area contributed by atoms with Gasteiger partial charge in [-0.1, -0.05) is 19.8 Å². The average molecular weight is 304 g/mol. The molecule has 1 unspecified atom stereocenters. The predicted octanol–water partition coefficient (Wildman–Crippen LogP) is 3.07. The zero-order chi connectivity index (χ0) is 9.56. The largest absolute Gasteiger partial charge is 0.481 e. The summed E-state index contributed by atoms with van der Waals surface area (Å²) in [6.45, 7) is 2.03. The molecule has 5 heteroatoms. The number of hydrogen-bond acceptors (Lipinski definition) is 1. The standard InChI is InChI=1S/C8H14Cl2O2.Zr/c1-2-3-4-6(8(11)12)5-7(9)10;/h6-7H,2-5H2,1H3,(H,11,12);. The van der Waals surface area contributed by atoms with Crippen molar-refractivity contribution in [3.05, 3.63) is 0 Å². The fourth-order valence-electron chi connectivity index (χ4n) is 1.01. The van der Waals surface area contributed by atoms with Crippen molar-refractivity contribution < 1.29 is 36.1 Å². The van der Waals surface area contributed by atoms with Crippen LogP contribution < -0.4 is 0 Å².